The van der Waals surface area contributed by atoms with Gasteiger partial charge in [0.15, 0.2) is 0 Å². The molecule has 1 aromatic carbocycles. The second-order valence-electron chi connectivity index (χ2n) is 8.32. The topological polar surface area (TPSA) is 66.4 Å². The Morgan fingerprint density at radius 1 is 1.18 bits per heavy atom. The molecule has 0 radical (unpaired) electrons. The predicted molar refractivity (Wildman–Crippen MR) is 131 cm³/mol. The van der Waals surface area contributed by atoms with Gasteiger partial charge >= 0.3 is 0 Å². The van der Waals surface area contributed by atoms with Gasteiger partial charge in [-0.25, -0.2) is 8.78 Å². The fraction of sp³-hybridized carbons (Fsp3) is 0.286. The van der Waals surface area contributed by atoms with Crippen LogP contribution in [-0.2, 0) is 16.0 Å². The van der Waals surface area contributed by atoms with Crippen molar-refractivity contribution in [3.05, 3.63) is 107 Å². The highest BCUT2D eigenvalue weighted by Crippen LogP contribution is 2.31. The SMILES string of the molecule is C/C=C\C(F)=C/C=C(C)C.O=C(CC[C@H]1C(=O)N/C1=C1\C=CC(O)=CC1)Cc1ccc(F)cc1. The van der Waals surface area contributed by atoms with Crippen LogP contribution in [0.3, 0.4) is 0 Å². The first kappa shape index (κ1) is 26.7. The van der Waals surface area contributed by atoms with E-state index in [2.05, 4.69) is 5.32 Å². The Hall–Kier alpha value is -3.54. The van der Waals surface area contributed by atoms with Crippen molar-refractivity contribution >= 4 is 11.7 Å². The van der Waals surface area contributed by atoms with E-state index >= 15 is 0 Å². The summed E-state index contributed by atoms with van der Waals surface area (Å²) in [7, 11) is 0. The average molecular weight is 468 g/mol. The first-order valence-corrected chi connectivity index (χ1v) is 11.2. The third-order valence-corrected chi connectivity index (χ3v) is 5.18. The van der Waals surface area contributed by atoms with Crippen molar-refractivity contribution in [3.63, 3.8) is 0 Å². The lowest BCUT2D eigenvalue weighted by atomic mass is 9.85. The van der Waals surface area contributed by atoms with E-state index in [0.717, 1.165) is 22.4 Å². The molecule has 1 atom stereocenters. The summed E-state index contributed by atoms with van der Waals surface area (Å²) < 4.78 is 25.4. The van der Waals surface area contributed by atoms with Crippen molar-refractivity contribution in [1.29, 1.82) is 0 Å². The zero-order valence-electron chi connectivity index (χ0n) is 19.8. The number of amides is 1. The minimum atomic E-state index is -0.325. The van der Waals surface area contributed by atoms with Crippen molar-refractivity contribution in [2.75, 3.05) is 0 Å². The van der Waals surface area contributed by atoms with Gasteiger partial charge in [-0.2, -0.15) is 0 Å². The number of Topliss-reactive ketones (excluding diaryl/α,β-unsaturated/α-hetero) is 1. The van der Waals surface area contributed by atoms with Crippen LogP contribution < -0.4 is 5.32 Å². The number of nitrogens with one attached hydrogen (secondary N) is 1. The third-order valence-electron chi connectivity index (χ3n) is 5.18. The smallest absolute Gasteiger partial charge is 0.233 e. The number of rotatable bonds is 7. The van der Waals surface area contributed by atoms with Gasteiger partial charge < -0.3 is 10.4 Å². The molecule has 1 aliphatic carbocycles. The van der Waals surface area contributed by atoms with Crippen molar-refractivity contribution in [1.82, 2.24) is 5.32 Å². The molecule has 1 heterocycles. The quantitative estimate of drug-likeness (QED) is 0.355. The number of carbonyl (C=O) groups excluding carboxylic acids is 2. The van der Waals surface area contributed by atoms with Crippen molar-refractivity contribution in [3.8, 4) is 0 Å². The van der Waals surface area contributed by atoms with Crippen LogP contribution >= 0.6 is 0 Å². The van der Waals surface area contributed by atoms with Crippen molar-refractivity contribution in [2.45, 2.75) is 46.5 Å². The number of aliphatic hydroxyl groups is 1. The van der Waals surface area contributed by atoms with Crippen LogP contribution in [0.25, 0.3) is 0 Å². The summed E-state index contributed by atoms with van der Waals surface area (Å²) in [6.45, 7) is 5.65. The molecule has 180 valence electrons. The molecule has 2 aliphatic rings. The normalized spacial score (nSPS) is 19.6. The first-order valence-electron chi connectivity index (χ1n) is 11.2. The summed E-state index contributed by atoms with van der Waals surface area (Å²) >= 11 is 0. The van der Waals surface area contributed by atoms with Crippen LogP contribution in [0.4, 0.5) is 8.78 Å². The highest BCUT2D eigenvalue weighted by Gasteiger charge is 2.35. The third kappa shape index (κ3) is 8.77. The Bertz CT molecular complexity index is 1070. The molecule has 0 unspecified atom stereocenters. The molecule has 1 aliphatic heterocycles. The molecule has 1 saturated heterocycles. The Morgan fingerprint density at radius 3 is 2.44 bits per heavy atom. The lowest BCUT2D eigenvalue weighted by molar-refractivity contribution is -0.128. The summed E-state index contributed by atoms with van der Waals surface area (Å²) in [6, 6.07) is 5.87. The summed E-state index contributed by atoms with van der Waals surface area (Å²) in [5.41, 5.74) is 3.67. The van der Waals surface area contributed by atoms with E-state index in [-0.39, 0.29) is 41.4 Å². The molecule has 4 nitrogen and oxygen atoms in total. The lowest BCUT2D eigenvalue weighted by Crippen LogP contribution is -2.47. The minimum Gasteiger partial charge on any atom is -0.508 e. The van der Waals surface area contributed by atoms with Gasteiger partial charge in [0.2, 0.25) is 5.91 Å². The first-order chi connectivity index (χ1) is 16.2. The molecular weight excluding hydrogens is 436 g/mol. The van der Waals surface area contributed by atoms with E-state index in [9.17, 15) is 23.5 Å². The summed E-state index contributed by atoms with van der Waals surface area (Å²) in [5, 5.41) is 12.1. The molecule has 6 heteroatoms. The lowest BCUT2D eigenvalue weighted by Gasteiger charge is -2.32. The molecule has 3 rings (SSSR count). The molecular formula is C28H31F2NO3. The Labute approximate surface area is 199 Å². The highest BCUT2D eigenvalue weighted by atomic mass is 19.1. The highest BCUT2D eigenvalue weighted by molar-refractivity contribution is 5.92. The number of hydrogen-bond acceptors (Lipinski definition) is 3. The van der Waals surface area contributed by atoms with Gasteiger partial charge in [-0.1, -0.05) is 35.9 Å². The molecule has 0 aromatic heterocycles. The molecule has 1 amide bonds. The molecule has 1 fully saturated rings. The van der Waals surface area contributed by atoms with Gasteiger partial charge in [0.25, 0.3) is 0 Å². The van der Waals surface area contributed by atoms with Gasteiger partial charge in [-0.15, -0.1) is 0 Å². The number of benzene rings is 1. The van der Waals surface area contributed by atoms with E-state index in [0.29, 0.717) is 19.3 Å². The number of allylic oxidation sites excluding steroid dienone is 10. The maximum Gasteiger partial charge on any atom is 0.233 e. The molecule has 0 saturated carbocycles. The Morgan fingerprint density at radius 2 is 1.88 bits per heavy atom. The standard InChI is InChI=1S/C19H18FNO3.C9H13F/c20-14-5-1-12(2-6-14)11-16(23)9-10-17-18(21-19(17)24)13-3-7-15(22)8-4-13;1-4-5-9(10)7-6-8(2)3/h1-3,5-8,17,22H,4,9-11H2,(H,21,24);4-7H,1-3H3/b18-13+;5-4-,9-7+/t17-;/m1./s1. The minimum absolute atomic E-state index is 0.0300. The summed E-state index contributed by atoms with van der Waals surface area (Å²) in [4.78, 5) is 23.8. The number of β-lactam (4-membered cyclic amide) rings is 1. The van der Waals surface area contributed by atoms with Crippen LogP contribution in [-0.4, -0.2) is 16.8 Å². The molecule has 0 bridgehead atoms. The van der Waals surface area contributed by atoms with Gasteiger partial charge in [0.1, 0.15) is 23.2 Å². The second-order valence-corrected chi connectivity index (χ2v) is 8.32. The number of halogens is 2. The number of aliphatic hydroxyl groups excluding tert-OH is 1. The van der Waals surface area contributed by atoms with E-state index < -0.39 is 0 Å². The van der Waals surface area contributed by atoms with Crippen molar-refractivity contribution < 1.29 is 23.5 Å². The Kier molecular flexibility index (Phi) is 10.4. The van der Waals surface area contributed by atoms with Crippen LogP contribution in [0.1, 0.15) is 45.6 Å². The van der Waals surface area contributed by atoms with Gasteiger partial charge in [-0.3, -0.25) is 9.59 Å². The molecule has 34 heavy (non-hydrogen) atoms. The van der Waals surface area contributed by atoms with Crippen LogP contribution in [0.15, 0.2) is 95.2 Å². The largest absolute Gasteiger partial charge is 0.508 e. The van der Waals surface area contributed by atoms with Gasteiger partial charge in [-0.05, 0) is 81.2 Å². The zero-order chi connectivity index (χ0) is 25.1. The molecule has 1 aromatic rings. The van der Waals surface area contributed by atoms with E-state index in [1.54, 1.807) is 49.4 Å². The van der Waals surface area contributed by atoms with Gasteiger partial charge in [0.05, 0.1) is 5.92 Å². The van der Waals surface area contributed by atoms with E-state index in [1.165, 1.54) is 24.3 Å². The van der Waals surface area contributed by atoms with Crippen LogP contribution in [0, 0.1) is 11.7 Å². The molecule has 0 spiro atoms. The van der Waals surface area contributed by atoms with Crippen LogP contribution in [0.5, 0.6) is 0 Å². The second kappa shape index (κ2) is 13.2. The average Bonchev–Trinajstić information content (AvgIpc) is 2.79. The maximum absolute atomic E-state index is 12.9. The number of hydrogen-bond donors (Lipinski definition) is 2. The predicted octanol–water partition coefficient (Wildman–Crippen LogP) is 6.50. The number of ketones is 1. The fourth-order valence-corrected chi connectivity index (χ4v) is 3.36. The fourth-order valence-electron chi connectivity index (χ4n) is 3.36. The Balaban J connectivity index is 0.000000347. The van der Waals surface area contributed by atoms with Crippen molar-refractivity contribution in [2.24, 2.45) is 5.92 Å². The summed E-state index contributed by atoms with van der Waals surface area (Å²) in [6.07, 6.45) is 12.9. The number of carbonyl (C=O) groups is 2. The van der Waals surface area contributed by atoms with E-state index in [1.807, 2.05) is 13.8 Å². The maximum atomic E-state index is 12.9. The summed E-state index contributed by atoms with van der Waals surface area (Å²) in [5.74, 6) is -0.633. The molecule has 2 N–H and O–H groups in total. The zero-order valence-corrected chi connectivity index (χ0v) is 19.8. The van der Waals surface area contributed by atoms with Gasteiger partial charge in [0, 0.05) is 18.5 Å². The van der Waals surface area contributed by atoms with Crippen LogP contribution in [0.2, 0.25) is 0 Å². The van der Waals surface area contributed by atoms with E-state index in [4.69, 9.17) is 0 Å². The monoisotopic (exact) mass is 467 g/mol.